The van der Waals surface area contributed by atoms with Crippen LogP contribution in [0.3, 0.4) is 0 Å². The highest BCUT2D eigenvalue weighted by molar-refractivity contribution is 8.10. The van der Waals surface area contributed by atoms with Gasteiger partial charge < -0.3 is 4.79 Å². The number of carbonyl (C=O) groups excluding carboxylic acids is 1. The van der Waals surface area contributed by atoms with Gasteiger partial charge in [-0.2, -0.15) is 0 Å². The predicted molar refractivity (Wildman–Crippen MR) is 120 cm³/mol. The Morgan fingerprint density at radius 3 is 1.56 bits per heavy atom. The van der Waals surface area contributed by atoms with Crippen molar-refractivity contribution in [3.05, 3.63) is 96.1 Å². The van der Waals surface area contributed by atoms with Crippen LogP contribution >= 0.6 is 0 Å². The van der Waals surface area contributed by atoms with Gasteiger partial charge in [0.2, 0.25) is 19.7 Å². The number of aryl methyl sites for hydroxylation is 1. The summed E-state index contributed by atoms with van der Waals surface area (Å²) in [5, 5.41) is 0. The summed E-state index contributed by atoms with van der Waals surface area (Å²) in [5.41, 5.74) is 0.920. The first-order valence-electron chi connectivity index (χ1n) is 9.86. The van der Waals surface area contributed by atoms with Crippen LogP contribution in [0.25, 0.3) is 0 Å². The van der Waals surface area contributed by atoms with Crippen LogP contribution in [-0.2, 0) is 24.5 Å². The summed E-state index contributed by atoms with van der Waals surface area (Å²) in [6, 6.07) is 19.3. The van der Waals surface area contributed by atoms with E-state index in [2.05, 4.69) is 0 Å². The number of alkyl halides is 1. The van der Waals surface area contributed by atoms with E-state index in [9.17, 15) is 21.6 Å². The third kappa shape index (κ3) is 4.12. The molecule has 0 fully saturated rings. The summed E-state index contributed by atoms with van der Waals surface area (Å²) in [6.07, 6.45) is -0.613. The molecule has 0 radical (unpaired) electrons. The van der Waals surface area contributed by atoms with Crippen LogP contribution < -0.4 is 0 Å². The smallest absolute Gasteiger partial charge is 0.300 e. The summed E-state index contributed by atoms with van der Waals surface area (Å²) in [4.78, 5) is 11.1. The molecule has 0 N–H and O–H groups in total. The molecule has 3 aromatic carbocycles. The number of carbonyl (C=O) groups is 1. The molecule has 8 heteroatoms. The molecule has 3 aromatic rings. The fraction of sp³-hybridized carbons (Fsp3) is 0.208. The lowest BCUT2D eigenvalue weighted by molar-refractivity contribution is -0.117. The van der Waals surface area contributed by atoms with Crippen molar-refractivity contribution in [1.29, 1.82) is 0 Å². The van der Waals surface area contributed by atoms with Crippen LogP contribution in [0.1, 0.15) is 30.4 Å². The lowest BCUT2D eigenvalue weighted by Crippen LogP contribution is -2.48. The van der Waals surface area contributed by atoms with Crippen LogP contribution in [0.4, 0.5) is 4.39 Å². The molecule has 32 heavy (non-hydrogen) atoms. The van der Waals surface area contributed by atoms with Crippen molar-refractivity contribution in [3.63, 3.8) is 0 Å². The first-order valence-corrected chi connectivity index (χ1v) is 12.8. The van der Waals surface area contributed by atoms with Gasteiger partial charge in [0.25, 0.3) is 0 Å². The maximum absolute atomic E-state index is 17.2. The van der Waals surface area contributed by atoms with Crippen molar-refractivity contribution in [1.82, 2.24) is 0 Å². The quantitative estimate of drug-likeness (QED) is 0.475. The molecule has 0 spiro atoms. The number of ketones is 1. The Labute approximate surface area is 187 Å². The van der Waals surface area contributed by atoms with Crippen molar-refractivity contribution in [2.45, 2.75) is 40.3 Å². The van der Waals surface area contributed by atoms with E-state index in [0.29, 0.717) is 0 Å². The van der Waals surface area contributed by atoms with E-state index in [1.165, 1.54) is 55.5 Å². The number of hydrogen-bond donors (Lipinski definition) is 0. The molecule has 3 rings (SSSR count). The summed E-state index contributed by atoms with van der Waals surface area (Å²) in [7, 11) is -10.2. The molecule has 0 bridgehead atoms. The van der Waals surface area contributed by atoms with Gasteiger partial charge in [0.1, 0.15) is 5.78 Å². The Bertz CT molecular complexity index is 1230. The number of rotatable bonds is 8. The molecule has 0 saturated heterocycles. The Balaban J connectivity index is 2.40. The van der Waals surface area contributed by atoms with Crippen molar-refractivity contribution in [3.8, 4) is 0 Å². The zero-order chi connectivity index (χ0) is 23.6. The zero-order valence-electron chi connectivity index (χ0n) is 17.6. The molecule has 1 atom stereocenters. The number of halogens is 1. The van der Waals surface area contributed by atoms with Gasteiger partial charge in [0.05, 0.1) is 15.7 Å². The second-order valence-corrected chi connectivity index (χ2v) is 12.0. The second kappa shape index (κ2) is 8.96. The van der Waals surface area contributed by atoms with Gasteiger partial charge in [-0.25, -0.2) is 21.2 Å². The third-order valence-electron chi connectivity index (χ3n) is 5.23. The normalized spacial score (nSPS) is 13.5. The highest BCUT2D eigenvalue weighted by Crippen LogP contribution is 2.48. The van der Waals surface area contributed by atoms with Crippen molar-refractivity contribution < 1.29 is 26.0 Å². The zero-order valence-corrected chi connectivity index (χ0v) is 19.2. The third-order valence-corrected chi connectivity index (χ3v) is 10.4. The van der Waals surface area contributed by atoms with Crippen LogP contribution in [-0.4, -0.2) is 27.0 Å². The molecule has 0 aliphatic heterocycles. The summed E-state index contributed by atoms with van der Waals surface area (Å²) < 4.78 is 68.1. The molecule has 0 amide bonds. The average molecular weight is 475 g/mol. The van der Waals surface area contributed by atoms with E-state index in [0.717, 1.165) is 29.8 Å². The van der Waals surface area contributed by atoms with E-state index >= 15 is 4.39 Å². The molecule has 0 aromatic heterocycles. The highest BCUT2D eigenvalue weighted by Gasteiger charge is 2.62. The minimum absolute atomic E-state index is 0.104. The van der Waals surface area contributed by atoms with E-state index in [4.69, 9.17) is 0 Å². The van der Waals surface area contributed by atoms with Gasteiger partial charge in [-0.15, -0.1) is 0 Å². The van der Waals surface area contributed by atoms with Crippen LogP contribution in [0.2, 0.25) is 0 Å². The van der Waals surface area contributed by atoms with Gasteiger partial charge >= 0.3 is 4.33 Å². The molecular weight excluding hydrogens is 451 g/mol. The molecule has 0 unspecified atom stereocenters. The Kier molecular flexibility index (Phi) is 6.67. The van der Waals surface area contributed by atoms with E-state index in [-0.39, 0.29) is 5.56 Å². The predicted octanol–water partition coefficient (Wildman–Crippen LogP) is 4.63. The topological polar surface area (TPSA) is 85.3 Å². The van der Waals surface area contributed by atoms with Crippen molar-refractivity contribution in [2.75, 3.05) is 0 Å². The fourth-order valence-corrected chi connectivity index (χ4v) is 8.16. The van der Waals surface area contributed by atoms with Crippen molar-refractivity contribution in [2.24, 2.45) is 0 Å². The fourth-order valence-electron chi connectivity index (χ4n) is 3.56. The van der Waals surface area contributed by atoms with Gasteiger partial charge in [0, 0.05) is 6.42 Å². The first kappa shape index (κ1) is 23.8. The molecule has 0 heterocycles. The number of sulfone groups is 2. The number of hydrogen-bond acceptors (Lipinski definition) is 5. The van der Waals surface area contributed by atoms with E-state index < -0.39 is 51.9 Å². The first-order chi connectivity index (χ1) is 15.0. The Morgan fingerprint density at radius 2 is 1.19 bits per heavy atom. The largest absolute Gasteiger partial charge is 0.324 e. The van der Waals surface area contributed by atoms with Crippen LogP contribution in [0, 0.1) is 6.92 Å². The maximum atomic E-state index is 17.2. The van der Waals surface area contributed by atoms with Gasteiger partial charge in [-0.3, -0.25) is 0 Å². The SMILES string of the molecule is CC(=O)C[C@@H](c1ccc(C)cc1)C(F)(S(=O)(=O)c1ccccc1)S(=O)(=O)c1ccccc1. The van der Waals surface area contributed by atoms with Gasteiger partial charge in [-0.05, 0) is 43.7 Å². The number of benzene rings is 3. The Morgan fingerprint density at radius 1 is 0.781 bits per heavy atom. The van der Waals surface area contributed by atoms with Crippen molar-refractivity contribution >= 4 is 25.5 Å². The van der Waals surface area contributed by atoms with E-state index in [1.54, 1.807) is 19.1 Å². The maximum Gasteiger partial charge on any atom is 0.324 e. The molecule has 0 aliphatic rings. The van der Waals surface area contributed by atoms with E-state index in [1.807, 2.05) is 0 Å². The standard InChI is InChI=1S/C24H23FO5S2/c1-18-13-15-20(16-14-18)23(17-19(2)26)24(25,31(27,28)21-9-5-3-6-10-21)32(29,30)22-11-7-4-8-12-22/h3-16,23H,17H2,1-2H3/t23-/m0/s1. The summed E-state index contributed by atoms with van der Waals surface area (Å²) >= 11 is 0. The molecular formula is C24H23FO5S2. The van der Waals surface area contributed by atoms with Gasteiger partial charge in [0.15, 0.2) is 0 Å². The Hall–Kier alpha value is -2.84. The number of Topliss-reactive ketones (excluding diaryl/α,β-unsaturated/α-hetero) is 1. The summed E-state index contributed by atoms with van der Waals surface area (Å²) in [5.74, 6) is -2.32. The monoisotopic (exact) mass is 474 g/mol. The minimum Gasteiger partial charge on any atom is -0.300 e. The molecule has 0 aliphatic carbocycles. The molecule has 168 valence electrons. The lowest BCUT2D eigenvalue weighted by atomic mass is 9.94. The molecule has 5 nitrogen and oxygen atoms in total. The summed E-state index contributed by atoms with van der Waals surface area (Å²) in [6.45, 7) is 2.96. The molecule has 0 saturated carbocycles. The highest BCUT2D eigenvalue weighted by atomic mass is 32.3. The average Bonchev–Trinajstić information content (AvgIpc) is 2.78. The minimum atomic E-state index is -5.12. The second-order valence-electron chi connectivity index (χ2n) is 7.58. The van der Waals surface area contributed by atoms with Gasteiger partial charge in [-0.1, -0.05) is 66.2 Å². The van der Waals surface area contributed by atoms with Crippen LogP contribution in [0.15, 0.2) is 94.7 Å². The lowest BCUT2D eigenvalue weighted by Gasteiger charge is -2.33. The van der Waals surface area contributed by atoms with Crippen LogP contribution in [0.5, 0.6) is 0 Å².